The summed E-state index contributed by atoms with van der Waals surface area (Å²) in [6.07, 6.45) is -3.45. The second kappa shape index (κ2) is 11.8. The van der Waals surface area contributed by atoms with Crippen LogP contribution in [0.2, 0.25) is 5.02 Å². The lowest BCUT2D eigenvalue weighted by Gasteiger charge is -2.19. The third-order valence-corrected chi connectivity index (χ3v) is 3.47. The molecule has 4 nitrogen and oxygen atoms in total. The number of hydrogen-bond acceptors (Lipinski definition) is 2. The number of hydrogen-bond donors (Lipinski definition) is 2. The van der Waals surface area contributed by atoms with Crippen molar-refractivity contribution in [3.8, 4) is 0 Å². The van der Waals surface area contributed by atoms with Crippen molar-refractivity contribution in [2.45, 2.75) is 12.6 Å². The quantitative estimate of drug-likeness (QED) is 0.359. The minimum atomic E-state index is -4.18. The lowest BCUT2D eigenvalue weighted by atomic mass is 10.1. The van der Waals surface area contributed by atoms with Crippen LogP contribution in [0, 0.1) is 0 Å². The highest BCUT2D eigenvalue weighted by Gasteiger charge is 2.28. The first kappa shape index (κ1) is 23.3. The molecule has 0 fully saturated rings. The van der Waals surface area contributed by atoms with Crippen LogP contribution in [-0.2, 0) is 6.42 Å². The maximum Gasteiger partial charge on any atom is 0.401 e. The average Bonchev–Trinajstić information content (AvgIpc) is 2.45. The summed E-state index contributed by atoms with van der Waals surface area (Å²) < 4.78 is 36.6. The van der Waals surface area contributed by atoms with Crippen LogP contribution in [-0.4, -0.2) is 57.3 Å². The van der Waals surface area contributed by atoms with Crippen molar-refractivity contribution in [1.29, 1.82) is 0 Å². The first-order chi connectivity index (χ1) is 10.8. The molecule has 0 aliphatic rings. The van der Waals surface area contributed by atoms with Gasteiger partial charge in [-0.05, 0) is 25.1 Å². The van der Waals surface area contributed by atoms with Gasteiger partial charge in [0, 0.05) is 31.7 Å². The summed E-state index contributed by atoms with van der Waals surface area (Å²) in [5, 5.41) is 6.80. The third-order valence-electron chi connectivity index (χ3n) is 3.10. The van der Waals surface area contributed by atoms with Crippen LogP contribution < -0.4 is 10.6 Å². The molecule has 1 rings (SSSR count). The zero-order valence-corrected chi connectivity index (χ0v) is 16.7. The Balaban J connectivity index is 0.00000529. The largest absolute Gasteiger partial charge is 0.401 e. The van der Waals surface area contributed by atoms with Crippen molar-refractivity contribution in [2.24, 2.45) is 4.99 Å². The SMILES string of the molecule is CN=C(NCCc1ccccc1Cl)NCCN(C)CC(F)(F)F.I. The molecule has 1 aromatic rings. The molecule has 0 saturated heterocycles. The summed E-state index contributed by atoms with van der Waals surface area (Å²) >= 11 is 6.07. The molecule has 24 heavy (non-hydrogen) atoms. The molecular weight excluding hydrogens is 456 g/mol. The van der Waals surface area contributed by atoms with Gasteiger partial charge in [-0.3, -0.25) is 9.89 Å². The van der Waals surface area contributed by atoms with Gasteiger partial charge in [0.25, 0.3) is 0 Å². The highest BCUT2D eigenvalue weighted by Crippen LogP contribution is 2.15. The number of alkyl halides is 3. The van der Waals surface area contributed by atoms with Crippen LogP contribution in [0.5, 0.6) is 0 Å². The van der Waals surface area contributed by atoms with E-state index in [1.807, 2.05) is 24.3 Å². The summed E-state index contributed by atoms with van der Waals surface area (Å²) in [6, 6.07) is 7.58. The Kier molecular flexibility index (Phi) is 11.4. The van der Waals surface area contributed by atoms with Crippen molar-refractivity contribution in [3.05, 3.63) is 34.9 Å². The van der Waals surface area contributed by atoms with Crippen LogP contribution in [0.4, 0.5) is 13.2 Å². The Morgan fingerprint density at radius 1 is 1.21 bits per heavy atom. The van der Waals surface area contributed by atoms with Gasteiger partial charge in [-0.1, -0.05) is 29.8 Å². The number of benzene rings is 1. The van der Waals surface area contributed by atoms with Crippen LogP contribution in [0.25, 0.3) is 0 Å². The molecule has 9 heteroatoms. The normalized spacial score (nSPS) is 12.0. The van der Waals surface area contributed by atoms with E-state index in [1.165, 1.54) is 11.9 Å². The minimum Gasteiger partial charge on any atom is -0.356 e. The summed E-state index contributed by atoms with van der Waals surface area (Å²) in [5.74, 6) is 0.553. The molecule has 0 spiro atoms. The van der Waals surface area contributed by atoms with E-state index in [9.17, 15) is 13.2 Å². The number of rotatable bonds is 7. The highest BCUT2D eigenvalue weighted by molar-refractivity contribution is 14.0. The van der Waals surface area contributed by atoms with Crippen molar-refractivity contribution < 1.29 is 13.2 Å². The number of likely N-dealkylation sites (N-methyl/N-ethyl adjacent to an activating group) is 1. The fourth-order valence-electron chi connectivity index (χ4n) is 1.99. The number of nitrogens with zero attached hydrogens (tertiary/aromatic N) is 2. The Morgan fingerprint density at radius 3 is 2.42 bits per heavy atom. The fraction of sp³-hybridized carbons (Fsp3) is 0.533. The average molecular weight is 479 g/mol. The van der Waals surface area contributed by atoms with Crippen LogP contribution in [0.3, 0.4) is 0 Å². The summed E-state index contributed by atoms with van der Waals surface area (Å²) in [7, 11) is 3.05. The van der Waals surface area contributed by atoms with E-state index in [0.29, 0.717) is 24.1 Å². The summed E-state index contributed by atoms with van der Waals surface area (Å²) in [6.45, 7) is 0.345. The van der Waals surface area contributed by atoms with Crippen LogP contribution in [0.1, 0.15) is 5.56 Å². The lowest BCUT2D eigenvalue weighted by molar-refractivity contribution is -0.142. The standard InChI is InChI=1S/C15H22ClF3N4.HI/c1-20-14(22-9-10-23(2)11-15(17,18)19)21-8-7-12-5-3-4-6-13(12)16;/h3-6H,7-11H2,1-2H3,(H2,20,21,22);1H. The molecule has 138 valence electrons. The molecule has 0 bridgehead atoms. The maximum atomic E-state index is 12.2. The van der Waals surface area contributed by atoms with Crippen molar-refractivity contribution in [3.63, 3.8) is 0 Å². The third kappa shape index (κ3) is 10.2. The first-order valence-corrected chi connectivity index (χ1v) is 7.63. The van der Waals surface area contributed by atoms with Crippen molar-refractivity contribution in [2.75, 3.05) is 40.3 Å². The monoisotopic (exact) mass is 478 g/mol. The molecule has 1 aromatic carbocycles. The van der Waals surface area contributed by atoms with E-state index in [4.69, 9.17) is 11.6 Å². The number of aliphatic imine (C=N–C) groups is 1. The minimum absolute atomic E-state index is 0. The Morgan fingerprint density at radius 2 is 1.83 bits per heavy atom. The molecule has 0 aromatic heterocycles. The molecule has 0 radical (unpaired) electrons. The molecule has 0 unspecified atom stereocenters. The Labute approximate surface area is 162 Å². The van der Waals surface area contributed by atoms with Gasteiger partial charge in [-0.15, -0.1) is 24.0 Å². The predicted molar refractivity (Wildman–Crippen MR) is 103 cm³/mol. The fourth-order valence-corrected chi connectivity index (χ4v) is 2.22. The van der Waals surface area contributed by atoms with Gasteiger partial charge in [0.05, 0.1) is 6.54 Å². The van der Waals surface area contributed by atoms with E-state index in [0.717, 1.165) is 12.0 Å². The molecular formula is C15H23ClF3IN4. The van der Waals surface area contributed by atoms with Crippen LogP contribution in [0.15, 0.2) is 29.3 Å². The molecule has 2 N–H and O–H groups in total. The van der Waals surface area contributed by atoms with Crippen molar-refractivity contribution in [1.82, 2.24) is 15.5 Å². The number of guanidine groups is 1. The van der Waals surface area contributed by atoms with E-state index >= 15 is 0 Å². The first-order valence-electron chi connectivity index (χ1n) is 7.25. The highest BCUT2D eigenvalue weighted by atomic mass is 127. The summed E-state index contributed by atoms with van der Waals surface area (Å²) in [4.78, 5) is 5.25. The molecule has 0 amide bonds. The Hall–Kier alpha value is -0.740. The topological polar surface area (TPSA) is 39.7 Å². The second-order valence-electron chi connectivity index (χ2n) is 5.12. The van der Waals surface area contributed by atoms with E-state index < -0.39 is 12.7 Å². The maximum absolute atomic E-state index is 12.2. The van der Waals surface area contributed by atoms with E-state index in [1.54, 1.807) is 7.05 Å². The molecule has 0 atom stereocenters. The van der Waals surface area contributed by atoms with Gasteiger partial charge >= 0.3 is 6.18 Å². The number of halogens is 5. The van der Waals surface area contributed by atoms with Gasteiger partial charge in [0.2, 0.25) is 0 Å². The molecule has 0 aliphatic heterocycles. The number of nitrogens with one attached hydrogen (secondary N) is 2. The molecule has 0 aliphatic carbocycles. The smallest absolute Gasteiger partial charge is 0.356 e. The van der Waals surface area contributed by atoms with Crippen LogP contribution >= 0.6 is 35.6 Å². The van der Waals surface area contributed by atoms with Gasteiger partial charge in [0.1, 0.15) is 0 Å². The van der Waals surface area contributed by atoms with Gasteiger partial charge in [-0.2, -0.15) is 13.2 Å². The van der Waals surface area contributed by atoms with Crippen molar-refractivity contribution >= 4 is 41.5 Å². The van der Waals surface area contributed by atoms with E-state index in [2.05, 4.69) is 15.6 Å². The summed E-state index contributed by atoms with van der Waals surface area (Å²) in [5.41, 5.74) is 1.03. The zero-order valence-electron chi connectivity index (χ0n) is 13.7. The Bertz CT molecular complexity index is 512. The van der Waals surface area contributed by atoms with Gasteiger partial charge in [-0.25, -0.2) is 0 Å². The molecule has 0 heterocycles. The molecule has 0 saturated carbocycles. The second-order valence-corrected chi connectivity index (χ2v) is 5.53. The zero-order chi connectivity index (χ0) is 17.3. The predicted octanol–water partition coefficient (Wildman–Crippen LogP) is 3.16. The van der Waals surface area contributed by atoms with Gasteiger partial charge in [0.15, 0.2) is 5.96 Å². The van der Waals surface area contributed by atoms with E-state index in [-0.39, 0.29) is 30.5 Å². The lowest BCUT2D eigenvalue weighted by Crippen LogP contribution is -2.43. The van der Waals surface area contributed by atoms with Gasteiger partial charge < -0.3 is 10.6 Å².